The zero-order chi connectivity index (χ0) is 20.0. The Bertz CT molecular complexity index is 803. The van der Waals surface area contributed by atoms with Crippen LogP contribution in [-0.2, 0) is 19.1 Å². The minimum atomic E-state index is -4.59. The molecule has 2 rings (SSSR count). The lowest BCUT2D eigenvalue weighted by molar-refractivity contribution is -0.137. The van der Waals surface area contributed by atoms with Crippen molar-refractivity contribution in [2.75, 3.05) is 5.32 Å². The Balaban J connectivity index is 1.98. The minimum absolute atomic E-state index is 0.0136. The van der Waals surface area contributed by atoms with Gasteiger partial charge in [0.2, 0.25) is 0 Å². The van der Waals surface area contributed by atoms with Crippen LogP contribution in [-0.4, -0.2) is 5.11 Å². The van der Waals surface area contributed by atoms with Crippen LogP contribution >= 0.6 is 12.2 Å². The zero-order valence-electron chi connectivity index (χ0n) is 15.2. The molecule has 0 aliphatic heterocycles. The lowest BCUT2D eigenvalue weighted by Gasteiger charge is -2.14. The quantitative estimate of drug-likeness (QED) is 0.462. The second kappa shape index (κ2) is 9.17. The number of thiocarbonyl (C=S) groups is 1. The van der Waals surface area contributed by atoms with Crippen molar-refractivity contribution in [3.05, 3.63) is 64.5 Å². The van der Waals surface area contributed by atoms with Crippen LogP contribution in [0.25, 0.3) is 0 Å². The van der Waals surface area contributed by atoms with E-state index in [1.165, 1.54) is 5.56 Å². The van der Waals surface area contributed by atoms with Crippen LogP contribution in [0.15, 0.2) is 36.4 Å². The van der Waals surface area contributed by atoms with Crippen molar-refractivity contribution in [3.63, 3.8) is 0 Å². The fourth-order valence-electron chi connectivity index (χ4n) is 2.67. The number of benzene rings is 2. The van der Waals surface area contributed by atoms with Gasteiger partial charge in [-0.3, -0.25) is 0 Å². The summed E-state index contributed by atoms with van der Waals surface area (Å²) in [5.74, 6) is -0.931. The van der Waals surface area contributed by atoms with E-state index in [2.05, 4.69) is 23.6 Å². The van der Waals surface area contributed by atoms with Crippen LogP contribution in [0.2, 0.25) is 0 Å². The Hall–Kier alpha value is -2.15. The first kappa shape index (κ1) is 21.2. The van der Waals surface area contributed by atoms with Crippen molar-refractivity contribution in [1.29, 1.82) is 0 Å². The predicted molar refractivity (Wildman–Crippen MR) is 104 cm³/mol. The van der Waals surface area contributed by atoms with E-state index in [-0.39, 0.29) is 17.2 Å². The highest BCUT2D eigenvalue weighted by Gasteiger charge is 2.31. The summed E-state index contributed by atoms with van der Waals surface area (Å²) in [6, 6.07) is 8.48. The van der Waals surface area contributed by atoms with Gasteiger partial charge in [0, 0.05) is 12.2 Å². The molecule has 0 bridgehead atoms. The van der Waals surface area contributed by atoms with Crippen molar-refractivity contribution >= 4 is 23.0 Å². The number of halogens is 4. The van der Waals surface area contributed by atoms with Gasteiger partial charge in [0.05, 0.1) is 5.56 Å². The van der Waals surface area contributed by atoms with Crippen molar-refractivity contribution in [1.82, 2.24) is 5.32 Å². The molecule has 0 spiro atoms. The smallest absolute Gasteiger partial charge is 0.358 e. The largest absolute Gasteiger partial charge is 0.416 e. The van der Waals surface area contributed by atoms with Crippen molar-refractivity contribution in [2.24, 2.45) is 0 Å². The maximum Gasteiger partial charge on any atom is 0.416 e. The number of hydrogen-bond acceptors (Lipinski definition) is 1. The van der Waals surface area contributed by atoms with E-state index in [1.807, 2.05) is 19.1 Å². The molecule has 27 heavy (non-hydrogen) atoms. The molecule has 0 aliphatic rings. The third-order valence-corrected chi connectivity index (χ3v) is 4.34. The summed E-state index contributed by atoms with van der Waals surface area (Å²) in [7, 11) is 0. The number of anilines is 1. The molecule has 7 heteroatoms. The van der Waals surface area contributed by atoms with Crippen LogP contribution in [0.5, 0.6) is 0 Å². The van der Waals surface area contributed by atoms with E-state index in [4.69, 9.17) is 12.2 Å². The molecule has 2 aromatic carbocycles. The van der Waals surface area contributed by atoms with Crippen molar-refractivity contribution in [2.45, 2.75) is 45.8 Å². The van der Waals surface area contributed by atoms with Gasteiger partial charge in [0.1, 0.15) is 5.82 Å². The Morgan fingerprint density at radius 1 is 1.07 bits per heavy atom. The van der Waals surface area contributed by atoms with Gasteiger partial charge in [-0.1, -0.05) is 25.5 Å². The molecule has 0 unspecified atom stereocenters. The number of alkyl halides is 3. The number of hydrogen-bond donors (Lipinski definition) is 2. The second-order valence-corrected chi connectivity index (χ2v) is 6.81. The van der Waals surface area contributed by atoms with Gasteiger partial charge < -0.3 is 10.6 Å². The maximum atomic E-state index is 13.4. The average molecular weight is 398 g/mol. The number of unbranched alkanes of at least 4 members (excludes halogenated alkanes) is 1. The molecule has 0 saturated carbocycles. The molecule has 146 valence electrons. The molecule has 2 nitrogen and oxygen atoms in total. The lowest BCUT2D eigenvalue weighted by Crippen LogP contribution is -2.28. The van der Waals surface area contributed by atoms with Crippen LogP contribution in [0.1, 0.15) is 42.0 Å². The fraction of sp³-hybridized carbons (Fsp3) is 0.350. The SMILES string of the molecule is CCCCc1ccc(NC(=S)NCc2cc(F)cc(C(F)(F)F)c2)c(C)c1. The first-order chi connectivity index (χ1) is 12.7. The molecule has 0 radical (unpaired) electrons. The molecule has 0 aromatic heterocycles. The number of rotatable bonds is 6. The van der Waals surface area contributed by atoms with Crippen molar-refractivity contribution in [3.8, 4) is 0 Å². The van der Waals surface area contributed by atoms with Gasteiger partial charge in [0.25, 0.3) is 0 Å². The topological polar surface area (TPSA) is 24.1 Å². The van der Waals surface area contributed by atoms with Gasteiger partial charge in [-0.25, -0.2) is 4.39 Å². The summed E-state index contributed by atoms with van der Waals surface area (Å²) >= 11 is 5.20. The molecule has 2 N–H and O–H groups in total. The normalized spacial score (nSPS) is 11.3. The maximum absolute atomic E-state index is 13.4. The average Bonchev–Trinajstić information content (AvgIpc) is 2.59. The predicted octanol–water partition coefficient (Wildman–Crippen LogP) is 5.98. The van der Waals surface area contributed by atoms with E-state index in [9.17, 15) is 17.6 Å². The van der Waals surface area contributed by atoms with E-state index >= 15 is 0 Å². The highest BCUT2D eigenvalue weighted by Crippen LogP contribution is 2.30. The van der Waals surface area contributed by atoms with E-state index in [0.29, 0.717) is 6.07 Å². The van der Waals surface area contributed by atoms with E-state index in [1.54, 1.807) is 0 Å². The van der Waals surface area contributed by atoms with Crippen LogP contribution in [0.3, 0.4) is 0 Å². The summed E-state index contributed by atoms with van der Waals surface area (Å²) in [5, 5.41) is 6.10. The van der Waals surface area contributed by atoms with Gasteiger partial charge in [0.15, 0.2) is 5.11 Å². The molecular formula is C20H22F4N2S. The summed E-state index contributed by atoms with van der Waals surface area (Å²) < 4.78 is 51.7. The third kappa shape index (κ3) is 6.50. The molecule has 0 amide bonds. The summed E-state index contributed by atoms with van der Waals surface area (Å²) in [6.45, 7) is 4.09. The van der Waals surface area contributed by atoms with Gasteiger partial charge >= 0.3 is 6.18 Å². The Labute approximate surface area is 162 Å². The van der Waals surface area contributed by atoms with Gasteiger partial charge in [-0.15, -0.1) is 0 Å². The van der Waals surface area contributed by atoms with Crippen LogP contribution in [0.4, 0.5) is 23.2 Å². The van der Waals surface area contributed by atoms with Crippen LogP contribution in [0, 0.1) is 12.7 Å². The van der Waals surface area contributed by atoms with E-state index in [0.717, 1.165) is 42.6 Å². The standard InChI is InChI=1S/C20H22F4N2S/c1-3-4-5-14-6-7-18(13(2)8-14)26-19(27)25-12-15-9-16(20(22,23)24)11-17(21)10-15/h6-11H,3-5,12H2,1-2H3,(H2,25,26,27). The molecule has 0 atom stereocenters. The summed E-state index contributed by atoms with van der Waals surface area (Å²) in [6.07, 6.45) is -1.32. The number of nitrogens with one attached hydrogen (secondary N) is 2. The van der Waals surface area contributed by atoms with E-state index < -0.39 is 17.6 Å². The summed E-state index contributed by atoms with van der Waals surface area (Å²) in [5.41, 5.74) is 2.24. The molecular weight excluding hydrogens is 376 g/mol. The Morgan fingerprint density at radius 2 is 1.81 bits per heavy atom. The number of aryl methyl sites for hydroxylation is 2. The molecule has 0 heterocycles. The highest BCUT2D eigenvalue weighted by molar-refractivity contribution is 7.80. The third-order valence-electron chi connectivity index (χ3n) is 4.10. The first-order valence-corrected chi connectivity index (χ1v) is 9.11. The zero-order valence-corrected chi connectivity index (χ0v) is 16.0. The lowest BCUT2D eigenvalue weighted by atomic mass is 10.0. The van der Waals surface area contributed by atoms with Crippen molar-refractivity contribution < 1.29 is 17.6 Å². The summed E-state index contributed by atoms with van der Waals surface area (Å²) in [4.78, 5) is 0. The Kier molecular flexibility index (Phi) is 7.18. The monoisotopic (exact) mass is 398 g/mol. The molecule has 0 aliphatic carbocycles. The highest BCUT2D eigenvalue weighted by atomic mass is 32.1. The molecule has 0 fully saturated rings. The second-order valence-electron chi connectivity index (χ2n) is 6.41. The Morgan fingerprint density at radius 3 is 2.44 bits per heavy atom. The van der Waals surface area contributed by atoms with Crippen LogP contribution < -0.4 is 10.6 Å². The van der Waals surface area contributed by atoms with Gasteiger partial charge in [-0.05, 0) is 72.9 Å². The molecule has 2 aromatic rings. The fourth-order valence-corrected chi connectivity index (χ4v) is 2.85. The van der Waals surface area contributed by atoms with Gasteiger partial charge in [-0.2, -0.15) is 13.2 Å². The molecule has 0 saturated heterocycles. The first-order valence-electron chi connectivity index (χ1n) is 8.70. The minimum Gasteiger partial charge on any atom is -0.358 e.